The second kappa shape index (κ2) is 7.68. The number of piperidine rings is 1. The minimum absolute atomic E-state index is 0.169. The van der Waals surface area contributed by atoms with Crippen LogP contribution in [0, 0.1) is 5.82 Å². The van der Waals surface area contributed by atoms with Crippen LogP contribution in [0.15, 0.2) is 42.7 Å². The highest BCUT2D eigenvalue weighted by molar-refractivity contribution is 7.88. The smallest absolute Gasteiger partial charge is 0.218 e. The SMILES string of the molecule is O=S(=O)(Cc1ccccc1F)N1CCCC(Oc2ccncc2Cl)C1. The van der Waals surface area contributed by atoms with Crippen molar-refractivity contribution in [2.75, 3.05) is 13.1 Å². The van der Waals surface area contributed by atoms with Gasteiger partial charge in [-0.05, 0) is 18.9 Å². The molecule has 1 aliphatic heterocycles. The van der Waals surface area contributed by atoms with Crippen LogP contribution in [0.5, 0.6) is 5.75 Å². The Morgan fingerprint density at radius 1 is 1.32 bits per heavy atom. The Labute approximate surface area is 151 Å². The molecule has 1 saturated heterocycles. The van der Waals surface area contributed by atoms with Gasteiger partial charge in [-0.2, -0.15) is 4.31 Å². The number of ether oxygens (including phenoxy) is 1. The van der Waals surface area contributed by atoms with E-state index >= 15 is 0 Å². The van der Waals surface area contributed by atoms with Crippen LogP contribution < -0.4 is 4.74 Å². The number of sulfonamides is 1. The third kappa shape index (κ3) is 4.48. The lowest BCUT2D eigenvalue weighted by Crippen LogP contribution is -2.44. The van der Waals surface area contributed by atoms with E-state index in [1.165, 1.54) is 28.7 Å². The van der Waals surface area contributed by atoms with Crippen LogP contribution in [0.3, 0.4) is 0 Å². The molecule has 0 radical (unpaired) electrons. The molecule has 2 heterocycles. The highest BCUT2D eigenvalue weighted by Gasteiger charge is 2.30. The van der Waals surface area contributed by atoms with Gasteiger partial charge in [-0.25, -0.2) is 12.8 Å². The number of benzene rings is 1. The topological polar surface area (TPSA) is 59.5 Å². The molecule has 0 aliphatic carbocycles. The Bertz CT molecular complexity index is 847. The molecule has 1 atom stereocenters. The number of aromatic nitrogens is 1. The molecule has 1 aliphatic rings. The summed E-state index contributed by atoms with van der Waals surface area (Å²) in [5, 5.41) is 0.383. The molecule has 0 spiro atoms. The van der Waals surface area contributed by atoms with Crippen molar-refractivity contribution in [2.45, 2.75) is 24.7 Å². The van der Waals surface area contributed by atoms with Crippen LogP contribution in [0.25, 0.3) is 0 Å². The van der Waals surface area contributed by atoms with Gasteiger partial charge in [0.2, 0.25) is 10.0 Å². The quantitative estimate of drug-likeness (QED) is 0.794. The summed E-state index contributed by atoms with van der Waals surface area (Å²) in [6, 6.07) is 7.56. The number of halogens is 2. The maximum Gasteiger partial charge on any atom is 0.218 e. The fourth-order valence-corrected chi connectivity index (χ4v) is 4.57. The first-order valence-corrected chi connectivity index (χ1v) is 9.92. The monoisotopic (exact) mass is 384 g/mol. The Hall–Kier alpha value is -1.70. The van der Waals surface area contributed by atoms with Crippen molar-refractivity contribution in [1.82, 2.24) is 9.29 Å². The zero-order valence-electron chi connectivity index (χ0n) is 13.4. The molecule has 134 valence electrons. The van der Waals surface area contributed by atoms with Crippen LogP contribution in [0.4, 0.5) is 4.39 Å². The summed E-state index contributed by atoms with van der Waals surface area (Å²) in [6.07, 6.45) is 4.14. The van der Waals surface area contributed by atoms with Crippen molar-refractivity contribution < 1.29 is 17.5 Å². The second-order valence-corrected chi connectivity index (χ2v) is 8.27. The van der Waals surface area contributed by atoms with Gasteiger partial charge >= 0.3 is 0 Å². The molecule has 8 heteroatoms. The first-order chi connectivity index (χ1) is 12.0. The molecule has 1 aromatic heterocycles. The third-order valence-electron chi connectivity index (χ3n) is 4.06. The summed E-state index contributed by atoms with van der Waals surface area (Å²) in [7, 11) is -3.63. The van der Waals surface area contributed by atoms with Crippen molar-refractivity contribution in [3.63, 3.8) is 0 Å². The Morgan fingerprint density at radius 3 is 2.88 bits per heavy atom. The predicted octanol–water partition coefficient (Wildman–Crippen LogP) is 3.25. The zero-order chi connectivity index (χ0) is 17.9. The molecule has 0 amide bonds. The molecule has 5 nitrogen and oxygen atoms in total. The van der Waals surface area contributed by atoms with E-state index in [1.54, 1.807) is 18.3 Å². The molecule has 25 heavy (non-hydrogen) atoms. The summed E-state index contributed by atoms with van der Waals surface area (Å²) >= 11 is 6.03. The van der Waals surface area contributed by atoms with Gasteiger partial charge in [-0.3, -0.25) is 4.98 Å². The van der Waals surface area contributed by atoms with Gasteiger partial charge < -0.3 is 4.74 Å². The number of pyridine rings is 1. The van der Waals surface area contributed by atoms with Crippen molar-refractivity contribution in [1.29, 1.82) is 0 Å². The van der Waals surface area contributed by atoms with E-state index < -0.39 is 15.8 Å². The molecule has 1 fully saturated rings. The first-order valence-electron chi connectivity index (χ1n) is 7.93. The van der Waals surface area contributed by atoms with Gasteiger partial charge in [0.05, 0.1) is 12.3 Å². The summed E-state index contributed by atoms with van der Waals surface area (Å²) in [5.74, 6) is -0.392. The standard InChI is InChI=1S/C17H18ClFN2O3S/c18-15-10-20-8-7-17(15)24-14-5-3-9-21(11-14)25(22,23)12-13-4-1-2-6-16(13)19/h1-2,4,6-8,10,14H,3,5,9,11-12H2. The largest absolute Gasteiger partial charge is 0.487 e. The lowest BCUT2D eigenvalue weighted by atomic mass is 10.1. The van der Waals surface area contributed by atoms with E-state index in [0.717, 1.165) is 6.42 Å². The number of rotatable bonds is 5. The molecule has 0 saturated carbocycles. The maximum atomic E-state index is 13.8. The molecule has 1 aromatic carbocycles. The van der Waals surface area contributed by atoms with E-state index in [4.69, 9.17) is 16.3 Å². The number of nitrogens with zero attached hydrogens (tertiary/aromatic N) is 2. The molecular weight excluding hydrogens is 367 g/mol. The van der Waals surface area contributed by atoms with Gasteiger partial charge in [0, 0.05) is 30.6 Å². The molecule has 3 rings (SSSR count). The Morgan fingerprint density at radius 2 is 2.12 bits per heavy atom. The van der Waals surface area contributed by atoms with Gasteiger partial charge in [0.1, 0.15) is 22.7 Å². The predicted molar refractivity (Wildman–Crippen MR) is 93.5 cm³/mol. The average Bonchev–Trinajstić information content (AvgIpc) is 2.59. The van der Waals surface area contributed by atoms with Crippen molar-refractivity contribution in [2.24, 2.45) is 0 Å². The van der Waals surface area contributed by atoms with E-state index in [1.807, 2.05) is 0 Å². The van der Waals surface area contributed by atoms with Crippen LogP contribution in [-0.2, 0) is 15.8 Å². The van der Waals surface area contributed by atoms with Gasteiger partial charge in [0.25, 0.3) is 0 Å². The number of hydrogen-bond donors (Lipinski definition) is 0. The van der Waals surface area contributed by atoms with Crippen molar-refractivity contribution in [3.05, 3.63) is 59.1 Å². The lowest BCUT2D eigenvalue weighted by Gasteiger charge is -2.32. The normalized spacial score (nSPS) is 18.9. The minimum atomic E-state index is -3.63. The maximum absolute atomic E-state index is 13.8. The summed E-state index contributed by atoms with van der Waals surface area (Å²) in [4.78, 5) is 3.89. The highest BCUT2D eigenvalue weighted by Crippen LogP contribution is 2.27. The molecule has 1 unspecified atom stereocenters. The number of hydrogen-bond acceptors (Lipinski definition) is 4. The summed E-state index contributed by atoms with van der Waals surface area (Å²) in [6.45, 7) is 0.621. The van der Waals surface area contributed by atoms with Gasteiger partial charge in [-0.15, -0.1) is 0 Å². The van der Waals surface area contributed by atoms with Crippen LogP contribution in [0.2, 0.25) is 5.02 Å². The third-order valence-corrected chi connectivity index (χ3v) is 6.14. The van der Waals surface area contributed by atoms with E-state index in [0.29, 0.717) is 23.7 Å². The van der Waals surface area contributed by atoms with Crippen LogP contribution >= 0.6 is 11.6 Å². The summed E-state index contributed by atoms with van der Waals surface area (Å²) < 4.78 is 46.2. The minimum Gasteiger partial charge on any atom is -0.487 e. The van der Waals surface area contributed by atoms with Crippen molar-refractivity contribution in [3.8, 4) is 5.75 Å². The molecule has 0 N–H and O–H groups in total. The summed E-state index contributed by atoms with van der Waals surface area (Å²) in [5.41, 5.74) is 0.169. The van der Waals surface area contributed by atoms with Crippen LogP contribution in [-0.4, -0.2) is 36.9 Å². The van der Waals surface area contributed by atoms with Gasteiger partial charge in [0.15, 0.2) is 0 Å². The second-order valence-electron chi connectivity index (χ2n) is 5.89. The van der Waals surface area contributed by atoms with Gasteiger partial charge in [-0.1, -0.05) is 29.8 Å². The lowest BCUT2D eigenvalue weighted by molar-refractivity contribution is 0.129. The molecular formula is C17H18ClFN2O3S. The Kier molecular flexibility index (Phi) is 5.56. The zero-order valence-corrected chi connectivity index (χ0v) is 15.0. The first kappa shape index (κ1) is 18.1. The molecule has 0 bridgehead atoms. The highest BCUT2D eigenvalue weighted by atomic mass is 35.5. The van der Waals surface area contributed by atoms with E-state index in [9.17, 15) is 12.8 Å². The Balaban J connectivity index is 1.70. The van der Waals surface area contributed by atoms with Crippen molar-refractivity contribution >= 4 is 21.6 Å². The fraction of sp³-hybridized carbons (Fsp3) is 0.353. The average molecular weight is 385 g/mol. The molecule has 2 aromatic rings. The van der Waals surface area contributed by atoms with E-state index in [2.05, 4.69) is 4.98 Å². The van der Waals surface area contributed by atoms with Crippen LogP contribution in [0.1, 0.15) is 18.4 Å². The fourth-order valence-electron chi connectivity index (χ4n) is 2.79. The van der Waals surface area contributed by atoms with E-state index in [-0.39, 0.29) is 24.0 Å².